The van der Waals surface area contributed by atoms with Crippen LogP contribution >= 0.6 is 0 Å². The molecule has 4 amide bonds. The Hall–Kier alpha value is -3.18. The monoisotopic (exact) mass is 622 g/mol. The van der Waals surface area contributed by atoms with E-state index in [4.69, 9.17) is 5.11 Å². The summed E-state index contributed by atoms with van der Waals surface area (Å²) >= 11 is 0. The van der Waals surface area contributed by atoms with Gasteiger partial charge in [-0.3, -0.25) is 24.0 Å². The Morgan fingerprint density at radius 2 is 1.30 bits per heavy atom. The fourth-order valence-corrected chi connectivity index (χ4v) is 6.34. The number of carbonyl (C=O) groups is 6. The number of hydrogen-bond acceptors (Lipinski definition) is 6. The second kappa shape index (κ2) is 19.3. The number of amides is 4. The lowest BCUT2D eigenvalue weighted by atomic mass is 9.83. The summed E-state index contributed by atoms with van der Waals surface area (Å²) in [6.45, 7) is 5.54. The van der Waals surface area contributed by atoms with Gasteiger partial charge in [0.1, 0.15) is 24.2 Å². The number of nitrogens with one attached hydrogen (secondary N) is 4. The lowest BCUT2D eigenvalue weighted by Gasteiger charge is -2.33. The minimum Gasteiger partial charge on any atom is -0.481 e. The molecule has 2 aliphatic carbocycles. The molecule has 0 aromatic rings. The van der Waals surface area contributed by atoms with Crippen LogP contribution in [0.1, 0.15) is 124 Å². The van der Waals surface area contributed by atoms with E-state index in [1.54, 1.807) is 0 Å². The number of rotatable bonds is 18. The van der Waals surface area contributed by atoms with Crippen molar-refractivity contribution >= 4 is 35.6 Å². The third kappa shape index (κ3) is 12.4. The molecule has 0 heterocycles. The van der Waals surface area contributed by atoms with Gasteiger partial charge in [-0.1, -0.05) is 85.0 Å². The van der Waals surface area contributed by atoms with Gasteiger partial charge in [-0.15, -0.1) is 0 Å². The van der Waals surface area contributed by atoms with E-state index in [9.17, 15) is 33.9 Å². The third-order valence-electron chi connectivity index (χ3n) is 9.20. The van der Waals surface area contributed by atoms with Crippen LogP contribution in [-0.2, 0) is 28.8 Å². The maximum Gasteiger partial charge on any atom is 0.326 e. The van der Waals surface area contributed by atoms with Crippen molar-refractivity contribution < 1.29 is 39.0 Å². The van der Waals surface area contributed by atoms with Gasteiger partial charge in [0, 0.05) is 6.42 Å². The van der Waals surface area contributed by atoms with Crippen molar-refractivity contribution in [3.63, 3.8) is 0 Å². The minimum atomic E-state index is -1.13. The fraction of sp³-hybridized carbons (Fsp3) is 0.812. The number of carboxylic acids is 2. The first-order valence-electron chi connectivity index (χ1n) is 16.6. The first kappa shape index (κ1) is 37.0. The molecular weight excluding hydrogens is 568 g/mol. The summed E-state index contributed by atoms with van der Waals surface area (Å²) in [6.07, 6.45) is 10.5. The fourth-order valence-electron chi connectivity index (χ4n) is 6.34. The average Bonchev–Trinajstić information content (AvgIpc) is 3.01. The molecule has 2 aliphatic rings. The zero-order chi connectivity index (χ0) is 32.6. The average molecular weight is 623 g/mol. The van der Waals surface area contributed by atoms with Crippen LogP contribution < -0.4 is 21.3 Å². The van der Waals surface area contributed by atoms with Gasteiger partial charge in [-0.25, -0.2) is 4.79 Å². The molecular formula is C32H54N4O8. The zero-order valence-corrected chi connectivity index (χ0v) is 26.7. The van der Waals surface area contributed by atoms with Crippen molar-refractivity contribution in [2.24, 2.45) is 17.8 Å². The summed E-state index contributed by atoms with van der Waals surface area (Å²) in [4.78, 5) is 76.2. The molecule has 0 aromatic carbocycles. The molecule has 12 nitrogen and oxygen atoms in total. The molecule has 1 unspecified atom stereocenters. The lowest BCUT2D eigenvalue weighted by molar-refractivity contribution is -0.142. The molecule has 6 N–H and O–H groups in total. The first-order valence-corrected chi connectivity index (χ1v) is 16.6. The topological polar surface area (TPSA) is 191 Å². The molecule has 12 heteroatoms. The molecule has 2 fully saturated rings. The molecule has 2 saturated carbocycles. The van der Waals surface area contributed by atoms with Gasteiger partial charge in [-0.05, 0) is 43.4 Å². The number of carboxylic acid groups (broad SMARTS) is 2. The van der Waals surface area contributed by atoms with Crippen LogP contribution in [0.15, 0.2) is 0 Å². The van der Waals surface area contributed by atoms with Gasteiger partial charge in [0.25, 0.3) is 0 Å². The summed E-state index contributed by atoms with van der Waals surface area (Å²) in [5.74, 6) is -4.61. The standard InChI is InChI=1S/C32H54N4O8/c1-4-12-23(32(43)44)33-29(40)24(19-21-13-8-6-9-14-21)34-30(41)27(20(3)5-2)36-31(42)28(22-15-10-7-11-16-22)35-25(37)17-18-26(38)39/h20-24,27-28H,4-19H2,1-3H3,(H,33,40)(H,34,41)(H,35,37)(H,36,42)(H,38,39)(H,43,44)/t20?,23-,24-,27-,28-/m0/s1. The van der Waals surface area contributed by atoms with Crippen molar-refractivity contribution in [3.05, 3.63) is 0 Å². The number of carbonyl (C=O) groups excluding carboxylic acids is 4. The molecule has 0 radical (unpaired) electrons. The largest absolute Gasteiger partial charge is 0.481 e. The van der Waals surface area contributed by atoms with Gasteiger partial charge >= 0.3 is 11.9 Å². The molecule has 0 saturated heterocycles. The van der Waals surface area contributed by atoms with Crippen LogP contribution in [0.25, 0.3) is 0 Å². The maximum absolute atomic E-state index is 13.8. The predicted octanol–water partition coefficient (Wildman–Crippen LogP) is 3.27. The highest BCUT2D eigenvalue weighted by atomic mass is 16.4. The van der Waals surface area contributed by atoms with E-state index in [1.807, 2.05) is 20.8 Å². The molecule has 0 bridgehead atoms. The van der Waals surface area contributed by atoms with E-state index in [0.29, 0.717) is 19.3 Å². The second-order valence-corrected chi connectivity index (χ2v) is 12.7. The van der Waals surface area contributed by atoms with Crippen LogP contribution in [0.2, 0.25) is 0 Å². The van der Waals surface area contributed by atoms with Gasteiger partial charge in [-0.2, -0.15) is 0 Å². The highest BCUT2D eigenvalue weighted by molar-refractivity contribution is 5.95. The van der Waals surface area contributed by atoms with Gasteiger partial charge in [0.05, 0.1) is 6.42 Å². The van der Waals surface area contributed by atoms with E-state index in [0.717, 1.165) is 64.2 Å². The maximum atomic E-state index is 13.8. The van der Waals surface area contributed by atoms with E-state index in [2.05, 4.69) is 21.3 Å². The summed E-state index contributed by atoms with van der Waals surface area (Å²) in [5, 5.41) is 29.6. The Balaban J connectivity index is 2.25. The van der Waals surface area contributed by atoms with E-state index in [-0.39, 0.29) is 37.0 Å². The quantitative estimate of drug-likeness (QED) is 0.134. The summed E-state index contributed by atoms with van der Waals surface area (Å²) < 4.78 is 0. The Morgan fingerprint density at radius 3 is 1.84 bits per heavy atom. The van der Waals surface area contributed by atoms with Crippen LogP contribution in [0.3, 0.4) is 0 Å². The van der Waals surface area contributed by atoms with Crippen molar-refractivity contribution in [3.8, 4) is 0 Å². The first-order chi connectivity index (χ1) is 21.0. The summed E-state index contributed by atoms with van der Waals surface area (Å²) in [7, 11) is 0. The summed E-state index contributed by atoms with van der Waals surface area (Å²) in [5.41, 5.74) is 0. The van der Waals surface area contributed by atoms with Gasteiger partial charge < -0.3 is 31.5 Å². The molecule has 2 rings (SSSR count). The Bertz CT molecular complexity index is 977. The Kier molecular flexibility index (Phi) is 16.2. The predicted molar refractivity (Wildman–Crippen MR) is 164 cm³/mol. The van der Waals surface area contributed by atoms with Crippen LogP contribution in [0.4, 0.5) is 0 Å². The Morgan fingerprint density at radius 1 is 0.705 bits per heavy atom. The van der Waals surface area contributed by atoms with Crippen molar-refractivity contribution in [1.29, 1.82) is 0 Å². The van der Waals surface area contributed by atoms with Crippen LogP contribution in [-0.4, -0.2) is 69.9 Å². The molecule has 250 valence electrons. The third-order valence-corrected chi connectivity index (χ3v) is 9.20. The highest BCUT2D eigenvalue weighted by Gasteiger charge is 2.37. The molecule has 44 heavy (non-hydrogen) atoms. The van der Waals surface area contributed by atoms with Gasteiger partial charge in [0.2, 0.25) is 23.6 Å². The summed E-state index contributed by atoms with van der Waals surface area (Å²) in [6, 6.07) is -3.94. The van der Waals surface area contributed by atoms with E-state index >= 15 is 0 Å². The van der Waals surface area contributed by atoms with Crippen LogP contribution in [0.5, 0.6) is 0 Å². The van der Waals surface area contributed by atoms with E-state index < -0.39 is 59.7 Å². The van der Waals surface area contributed by atoms with Crippen molar-refractivity contribution in [1.82, 2.24) is 21.3 Å². The highest BCUT2D eigenvalue weighted by Crippen LogP contribution is 2.29. The Labute approximate surface area is 261 Å². The number of hydrogen-bond donors (Lipinski definition) is 6. The zero-order valence-electron chi connectivity index (χ0n) is 26.7. The smallest absolute Gasteiger partial charge is 0.326 e. The molecule has 0 aliphatic heterocycles. The normalized spacial score (nSPS) is 19.4. The van der Waals surface area contributed by atoms with E-state index in [1.165, 1.54) is 0 Å². The number of aliphatic carboxylic acids is 2. The molecule has 5 atom stereocenters. The van der Waals surface area contributed by atoms with Crippen LogP contribution in [0, 0.1) is 17.8 Å². The SMILES string of the molecule is CCC[C@H](NC(=O)[C@H](CC1CCCCC1)NC(=O)[C@@H](NC(=O)[C@@H](NC(=O)CCC(=O)O)C1CCCCC1)C(C)CC)C(=O)O. The molecule has 0 spiro atoms. The second-order valence-electron chi connectivity index (χ2n) is 12.7. The minimum absolute atomic E-state index is 0.144. The molecule has 0 aromatic heterocycles. The van der Waals surface area contributed by atoms with Crippen molar-refractivity contribution in [2.45, 2.75) is 148 Å². The lowest BCUT2D eigenvalue weighted by Crippen LogP contribution is -2.60. The van der Waals surface area contributed by atoms with Crippen molar-refractivity contribution in [2.75, 3.05) is 0 Å². The van der Waals surface area contributed by atoms with Gasteiger partial charge in [0.15, 0.2) is 0 Å².